The molecule has 25 heavy (non-hydrogen) atoms. The highest BCUT2D eigenvalue weighted by atomic mass is 32.1. The summed E-state index contributed by atoms with van der Waals surface area (Å²) in [5.41, 5.74) is 3.25. The Kier molecular flexibility index (Phi) is 5.57. The summed E-state index contributed by atoms with van der Waals surface area (Å²) >= 11 is 5.74. The van der Waals surface area contributed by atoms with Crippen molar-refractivity contribution in [2.24, 2.45) is 0 Å². The first-order chi connectivity index (χ1) is 12.0. The number of aryl methyl sites for hydroxylation is 2. The van der Waals surface area contributed by atoms with Crippen molar-refractivity contribution >= 4 is 41.2 Å². The molecule has 0 saturated heterocycles. The van der Waals surface area contributed by atoms with E-state index in [-0.39, 0.29) is 5.82 Å². The standard InChI is InChI=1S/C21H19FNPS/c1-15-3-11-19(12-4-15)24(20-13-5-16(2)6-14-20)21(25)23-18-9-7-17(22)8-10-18/h3-14H,1-2H3,(H,23,25). The van der Waals surface area contributed by atoms with Crippen LogP contribution in [0.5, 0.6) is 0 Å². The van der Waals surface area contributed by atoms with E-state index in [9.17, 15) is 4.39 Å². The van der Waals surface area contributed by atoms with Crippen LogP contribution in [0.25, 0.3) is 0 Å². The molecule has 0 aromatic heterocycles. The lowest BCUT2D eigenvalue weighted by atomic mass is 10.2. The first kappa shape index (κ1) is 17.7. The maximum atomic E-state index is 13.1. The van der Waals surface area contributed by atoms with Crippen molar-refractivity contribution in [1.29, 1.82) is 0 Å². The first-order valence-corrected chi connectivity index (χ1v) is 9.78. The molecule has 3 aromatic rings. The molecule has 3 rings (SSSR count). The molecule has 0 amide bonds. The van der Waals surface area contributed by atoms with Crippen LogP contribution in [-0.4, -0.2) is 4.73 Å². The predicted octanol–water partition coefficient (Wildman–Crippen LogP) is 5.27. The Morgan fingerprint density at radius 2 is 1.20 bits per heavy atom. The summed E-state index contributed by atoms with van der Waals surface area (Å²) in [5, 5.41) is 5.69. The lowest BCUT2D eigenvalue weighted by Crippen LogP contribution is -2.22. The zero-order valence-corrected chi connectivity index (χ0v) is 15.9. The fourth-order valence-corrected chi connectivity index (χ4v) is 5.14. The van der Waals surface area contributed by atoms with E-state index in [0.29, 0.717) is 0 Å². The molecule has 1 N–H and O–H groups in total. The number of hydrogen-bond donors (Lipinski definition) is 1. The summed E-state index contributed by atoms with van der Waals surface area (Å²) in [4.78, 5) is 0. The van der Waals surface area contributed by atoms with E-state index < -0.39 is 7.92 Å². The summed E-state index contributed by atoms with van der Waals surface area (Å²) in [6.07, 6.45) is 0. The fourth-order valence-electron chi connectivity index (χ4n) is 2.48. The fraction of sp³-hybridized carbons (Fsp3) is 0.0952. The summed E-state index contributed by atoms with van der Waals surface area (Å²) in [6, 6.07) is 23.3. The lowest BCUT2D eigenvalue weighted by molar-refractivity contribution is 0.628. The molecular weight excluding hydrogens is 348 g/mol. The topological polar surface area (TPSA) is 12.0 Å². The average Bonchev–Trinajstić information content (AvgIpc) is 2.60. The highest BCUT2D eigenvalue weighted by Crippen LogP contribution is 2.36. The van der Waals surface area contributed by atoms with Gasteiger partial charge in [0.25, 0.3) is 0 Å². The van der Waals surface area contributed by atoms with E-state index in [1.165, 1.54) is 33.9 Å². The molecule has 0 aliphatic heterocycles. The monoisotopic (exact) mass is 367 g/mol. The molecule has 0 heterocycles. The van der Waals surface area contributed by atoms with Gasteiger partial charge in [0.1, 0.15) is 10.5 Å². The minimum Gasteiger partial charge on any atom is -0.346 e. The summed E-state index contributed by atoms with van der Waals surface area (Å²) in [6.45, 7) is 4.15. The third-order valence-corrected chi connectivity index (χ3v) is 6.68. The lowest BCUT2D eigenvalue weighted by Gasteiger charge is -2.21. The van der Waals surface area contributed by atoms with Crippen molar-refractivity contribution in [2.45, 2.75) is 13.8 Å². The average molecular weight is 367 g/mol. The third-order valence-electron chi connectivity index (χ3n) is 3.88. The second kappa shape index (κ2) is 7.86. The van der Waals surface area contributed by atoms with E-state index in [1.807, 2.05) is 0 Å². The molecule has 0 unspecified atom stereocenters. The molecule has 0 bridgehead atoms. The molecule has 0 fully saturated rings. The van der Waals surface area contributed by atoms with E-state index in [1.54, 1.807) is 12.1 Å². The first-order valence-electron chi connectivity index (χ1n) is 8.03. The van der Waals surface area contributed by atoms with Crippen LogP contribution < -0.4 is 15.9 Å². The van der Waals surface area contributed by atoms with Gasteiger partial charge in [-0.2, -0.15) is 0 Å². The van der Waals surface area contributed by atoms with Crippen molar-refractivity contribution in [3.05, 3.63) is 89.7 Å². The van der Waals surface area contributed by atoms with Gasteiger partial charge >= 0.3 is 0 Å². The zero-order chi connectivity index (χ0) is 17.8. The van der Waals surface area contributed by atoms with Crippen LogP contribution in [0.1, 0.15) is 11.1 Å². The Morgan fingerprint density at radius 3 is 1.64 bits per heavy atom. The molecular formula is C21H19FNPS. The SMILES string of the molecule is Cc1ccc(P(C(=S)Nc2ccc(F)cc2)c2ccc(C)cc2)cc1. The van der Waals surface area contributed by atoms with Crippen LogP contribution in [0.3, 0.4) is 0 Å². The smallest absolute Gasteiger partial charge is 0.123 e. The summed E-state index contributed by atoms with van der Waals surface area (Å²) < 4.78 is 13.9. The Balaban J connectivity index is 1.94. The molecule has 0 saturated carbocycles. The van der Waals surface area contributed by atoms with Gasteiger partial charge < -0.3 is 5.32 Å². The Bertz CT molecular complexity index is 812. The van der Waals surface area contributed by atoms with Gasteiger partial charge in [0.15, 0.2) is 0 Å². The zero-order valence-electron chi connectivity index (χ0n) is 14.2. The quantitative estimate of drug-likeness (QED) is 0.498. The molecule has 0 atom stereocenters. The molecule has 0 aliphatic rings. The van der Waals surface area contributed by atoms with E-state index in [4.69, 9.17) is 12.2 Å². The minimum atomic E-state index is -0.842. The van der Waals surface area contributed by atoms with Crippen LogP contribution in [0.15, 0.2) is 72.8 Å². The molecule has 4 heteroatoms. The normalized spacial score (nSPS) is 10.7. The maximum Gasteiger partial charge on any atom is 0.123 e. The summed E-state index contributed by atoms with van der Waals surface area (Å²) in [7, 11) is -0.842. The number of nitrogens with one attached hydrogen (secondary N) is 1. The molecule has 0 spiro atoms. The Hall–Kier alpha value is -2.09. The van der Waals surface area contributed by atoms with Crippen molar-refractivity contribution in [1.82, 2.24) is 0 Å². The van der Waals surface area contributed by atoms with Crippen molar-refractivity contribution in [3.63, 3.8) is 0 Å². The Labute approximate surface area is 154 Å². The highest BCUT2D eigenvalue weighted by Gasteiger charge is 2.19. The number of hydrogen-bond acceptors (Lipinski definition) is 1. The van der Waals surface area contributed by atoms with Crippen LogP contribution in [0, 0.1) is 19.7 Å². The summed E-state index contributed by atoms with van der Waals surface area (Å²) in [5.74, 6) is -0.254. The van der Waals surface area contributed by atoms with Gasteiger partial charge in [0, 0.05) is 13.6 Å². The van der Waals surface area contributed by atoms with Gasteiger partial charge in [-0.15, -0.1) is 0 Å². The van der Waals surface area contributed by atoms with Gasteiger partial charge in [-0.3, -0.25) is 0 Å². The molecule has 0 radical (unpaired) electrons. The predicted molar refractivity (Wildman–Crippen MR) is 111 cm³/mol. The van der Waals surface area contributed by atoms with Crippen LogP contribution in [0.4, 0.5) is 10.1 Å². The van der Waals surface area contributed by atoms with Gasteiger partial charge in [0.05, 0.1) is 0 Å². The minimum absolute atomic E-state index is 0.254. The maximum absolute atomic E-state index is 13.1. The van der Waals surface area contributed by atoms with E-state index >= 15 is 0 Å². The number of halogens is 1. The Morgan fingerprint density at radius 1 is 0.760 bits per heavy atom. The van der Waals surface area contributed by atoms with Crippen molar-refractivity contribution in [3.8, 4) is 0 Å². The second-order valence-electron chi connectivity index (χ2n) is 5.94. The highest BCUT2D eigenvalue weighted by molar-refractivity contribution is 8.04. The van der Waals surface area contributed by atoms with Gasteiger partial charge in [0.2, 0.25) is 0 Å². The molecule has 1 nitrogen and oxygen atoms in total. The molecule has 126 valence electrons. The van der Waals surface area contributed by atoms with Gasteiger partial charge in [-0.1, -0.05) is 71.9 Å². The third kappa shape index (κ3) is 4.50. The largest absolute Gasteiger partial charge is 0.346 e. The van der Waals surface area contributed by atoms with E-state index in [2.05, 4.69) is 67.7 Å². The number of thiocarbonyl (C=S) groups is 1. The second-order valence-corrected chi connectivity index (χ2v) is 8.81. The number of anilines is 1. The van der Waals surface area contributed by atoms with Gasteiger partial charge in [-0.25, -0.2) is 4.39 Å². The molecule has 3 aromatic carbocycles. The van der Waals surface area contributed by atoms with E-state index in [0.717, 1.165) is 10.4 Å². The van der Waals surface area contributed by atoms with Crippen LogP contribution in [0.2, 0.25) is 0 Å². The van der Waals surface area contributed by atoms with Crippen LogP contribution >= 0.6 is 20.1 Å². The number of benzene rings is 3. The van der Waals surface area contributed by atoms with Crippen molar-refractivity contribution in [2.75, 3.05) is 5.32 Å². The number of rotatable bonds is 4. The molecule has 0 aliphatic carbocycles. The van der Waals surface area contributed by atoms with Crippen molar-refractivity contribution < 1.29 is 4.39 Å². The van der Waals surface area contributed by atoms with Gasteiger partial charge in [-0.05, 0) is 48.7 Å². The van der Waals surface area contributed by atoms with Crippen LogP contribution in [-0.2, 0) is 0 Å².